The van der Waals surface area contributed by atoms with E-state index >= 15 is 0 Å². The first-order chi connectivity index (χ1) is 12.4. The van der Waals surface area contributed by atoms with Crippen LogP contribution in [0.3, 0.4) is 0 Å². The molecule has 6 nitrogen and oxygen atoms in total. The van der Waals surface area contributed by atoms with Crippen LogP contribution in [0.5, 0.6) is 0 Å². The molecule has 2 rings (SSSR count). The van der Waals surface area contributed by atoms with E-state index in [0.717, 1.165) is 0 Å². The quantitative estimate of drug-likeness (QED) is 0.785. The first-order valence-corrected chi connectivity index (χ1v) is 8.89. The Morgan fingerprint density at radius 2 is 1.81 bits per heavy atom. The van der Waals surface area contributed by atoms with Gasteiger partial charge in [-0.2, -0.15) is 0 Å². The van der Waals surface area contributed by atoms with E-state index in [4.69, 9.17) is 4.74 Å². The van der Waals surface area contributed by atoms with Crippen molar-refractivity contribution >= 4 is 17.8 Å². The lowest BCUT2D eigenvalue weighted by Crippen LogP contribution is -2.43. The molecule has 2 amide bonds. The number of esters is 1. The second-order valence-corrected chi connectivity index (χ2v) is 6.65. The minimum absolute atomic E-state index is 0.101. The fraction of sp³-hybridized carbons (Fsp3) is 0.526. The van der Waals surface area contributed by atoms with Gasteiger partial charge in [-0.15, -0.1) is 0 Å². The Kier molecular flexibility index (Phi) is 7.12. The minimum Gasteiger partial charge on any atom is -0.463 e. The molecule has 1 heterocycles. The van der Waals surface area contributed by atoms with Crippen LogP contribution in [0.2, 0.25) is 0 Å². The van der Waals surface area contributed by atoms with Gasteiger partial charge < -0.3 is 15.0 Å². The van der Waals surface area contributed by atoms with Crippen LogP contribution in [-0.2, 0) is 14.3 Å². The van der Waals surface area contributed by atoms with E-state index in [1.54, 1.807) is 18.7 Å². The normalized spacial score (nSPS) is 15.0. The maximum Gasteiger partial charge on any atom is 0.307 e. The Morgan fingerprint density at radius 3 is 2.38 bits per heavy atom. The standard InChI is InChI=1S/C19H25FN2O4/c1-13(2)26-17(23)7-10-21-18(24)14-8-11-22(12-9-14)19(25)15-3-5-16(20)6-4-15/h3-6,13-14H,7-12H2,1-2H3,(H,21,24). The first-order valence-electron chi connectivity index (χ1n) is 8.89. The Hall–Kier alpha value is -2.44. The second kappa shape index (κ2) is 9.31. The molecular weight excluding hydrogens is 339 g/mol. The van der Waals surface area contributed by atoms with Gasteiger partial charge in [0.2, 0.25) is 5.91 Å². The number of rotatable bonds is 6. The number of hydrogen-bond acceptors (Lipinski definition) is 4. The van der Waals surface area contributed by atoms with Gasteiger partial charge in [0.05, 0.1) is 12.5 Å². The van der Waals surface area contributed by atoms with Crippen molar-refractivity contribution in [3.8, 4) is 0 Å². The van der Waals surface area contributed by atoms with Gasteiger partial charge in [-0.05, 0) is 51.0 Å². The molecule has 0 radical (unpaired) electrons. The smallest absolute Gasteiger partial charge is 0.307 e. The van der Waals surface area contributed by atoms with Crippen LogP contribution in [-0.4, -0.2) is 48.4 Å². The Labute approximate surface area is 152 Å². The molecule has 1 aliphatic rings. The number of nitrogens with one attached hydrogen (secondary N) is 1. The van der Waals surface area contributed by atoms with Gasteiger partial charge in [0.15, 0.2) is 0 Å². The summed E-state index contributed by atoms with van der Waals surface area (Å²) in [6, 6.07) is 5.45. The topological polar surface area (TPSA) is 75.7 Å². The minimum atomic E-state index is -0.380. The number of ether oxygens (including phenoxy) is 1. The van der Waals surface area contributed by atoms with Gasteiger partial charge in [0.25, 0.3) is 5.91 Å². The summed E-state index contributed by atoms with van der Waals surface area (Å²) in [5.74, 6) is -1.14. The van der Waals surface area contributed by atoms with Gasteiger partial charge in [-0.1, -0.05) is 0 Å². The van der Waals surface area contributed by atoms with Crippen molar-refractivity contribution in [3.63, 3.8) is 0 Å². The number of carbonyl (C=O) groups excluding carboxylic acids is 3. The number of halogens is 1. The van der Waals surface area contributed by atoms with Crippen LogP contribution < -0.4 is 5.32 Å². The molecule has 0 atom stereocenters. The van der Waals surface area contributed by atoms with Crippen molar-refractivity contribution < 1.29 is 23.5 Å². The zero-order valence-electron chi connectivity index (χ0n) is 15.2. The van der Waals surface area contributed by atoms with Gasteiger partial charge in [0.1, 0.15) is 5.82 Å². The molecule has 1 fully saturated rings. The number of benzene rings is 1. The summed E-state index contributed by atoms with van der Waals surface area (Å²) in [5, 5.41) is 2.75. The lowest BCUT2D eigenvalue weighted by molar-refractivity contribution is -0.147. The molecule has 0 saturated carbocycles. The highest BCUT2D eigenvalue weighted by Gasteiger charge is 2.27. The molecule has 1 N–H and O–H groups in total. The van der Waals surface area contributed by atoms with Crippen molar-refractivity contribution in [2.24, 2.45) is 5.92 Å². The third-order valence-corrected chi connectivity index (χ3v) is 4.24. The number of amides is 2. The summed E-state index contributed by atoms with van der Waals surface area (Å²) >= 11 is 0. The van der Waals surface area contributed by atoms with Gasteiger partial charge >= 0.3 is 5.97 Å². The van der Waals surface area contributed by atoms with E-state index in [2.05, 4.69) is 5.32 Å². The SMILES string of the molecule is CC(C)OC(=O)CCNC(=O)C1CCN(C(=O)c2ccc(F)cc2)CC1. The summed E-state index contributed by atoms with van der Waals surface area (Å²) < 4.78 is 18.0. The summed E-state index contributed by atoms with van der Waals surface area (Å²) in [5.41, 5.74) is 0.443. The molecule has 26 heavy (non-hydrogen) atoms. The maximum absolute atomic E-state index is 12.9. The van der Waals surface area contributed by atoms with Gasteiger partial charge in [0, 0.05) is 31.1 Å². The lowest BCUT2D eigenvalue weighted by Gasteiger charge is -2.31. The van der Waals surface area contributed by atoms with E-state index in [1.807, 2.05) is 0 Å². The number of piperidine rings is 1. The van der Waals surface area contributed by atoms with Crippen LogP contribution in [0.25, 0.3) is 0 Å². The summed E-state index contributed by atoms with van der Waals surface area (Å²) in [6.45, 7) is 4.75. The number of likely N-dealkylation sites (tertiary alicyclic amines) is 1. The Balaban J connectivity index is 1.73. The van der Waals surface area contributed by atoms with E-state index in [0.29, 0.717) is 31.5 Å². The number of nitrogens with zero attached hydrogens (tertiary/aromatic N) is 1. The largest absolute Gasteiger partial charge is 0.463 e. The highest BCUT2D eigenvalue weighted by molar-refractivity contribution is 5.94. The zero-order chi connectivity index (χ0) is 19.1. The summed E-state index contributed by atoms with van der Waals surface area (Å²) in [4.78, 5) is 37.7. The fourth-order valence-corrected chi connectivity index (χ4v) is 2.87. The molecule has 0 bridgehead atoms. The van der Waals surface area contributed by atoms with Crippen LogP contribution in [0, 0.1) is 11.7 Å². The third-order valence-electron chi connectivity index (χ3n) is 4.24. The van der Waals surface area contributed by atoms with Crippen molar-refractivity contribution in [2.75, 3.05) is 19.6 Å². The van der Waals surface area contributed by atoms with Crippen molar-refractivity contribution in [1.29, 1.82) is 0 Å². The van der Waals surface area contributed by atoms with Crippen LogP contribution in [0.4, 0.5) is 4.39 Å². The number of hydrogen-bond donors (Lipinski definition) is 1. The molecule has 0 unspecified atom stereocenters. The molecule has 0 spiro atoms. The van der Waals surface area contributed by atoms with E-state index < -0.39 is 0 Å². The highest BCUT2D eigenvalue weighted by Crippen LogP contribution is 2.19. The average molecular weight is 364 g/mol. The van der Waals surface area contributed by atoms with Crippen molar-refractivity contribution in [2.45, 2.75) is 39.2 Å². The molecule has 1 aliphatic heterocycles. The molecule has 7 heteroatoms. The van der Waals surface area contributed by atoms with Crippen molar-refractivity contribution in [1.82, 2.24) is 10.2 Å². The average Bonchev–Trinajstić information content (AvgIpc) is 2.61. The molecule has 0 aromatic heterocycles. The first kappa shape index (κ1) is 19.9. The van der Waals surface area contributed by atoms with E-state index in [-0.39, 0.29) is 48.6 Å². The van der Waals surface area contributed by atoms with Gasteiger partial charge in [-0.25, -0.2) is 4.39 Å². The molecule has 1 aromatic rings. The molecule has 1 saturated heterocycles. The predicted molar refractivity (Wildman–Crippen MR) is 93.9 cm³/mol. The monoisotopic (exact) mass is 364 g/mol. The number of carbonyl (C=O) groups is 3. The molecule has 1 aromatic carbocycles. The van der Waals surface area contributed by atoms with Crippen LogP contribution in [0.1, 0.15) is 43.5 Å². The summed E-state index contributed by atoms with van der Waals surface area (Å²) in [6.07, 6.45) is 1.11. The molecular formula is C19H25FN2O4. The Morgan fingerprint density at radius 1 is 1.19 bits per heavy atom. The van der Waals surface area contributed by atoms with E-state index in [9.17, 15) is 18.8 Å². The molecule has 142 valence electrons. The van der Waals surface area contributed by atoms with E-state index in [1.165, 1.54) is 24.3 Å². The maximum atomic E-state index is 12.9. The predicted octanol–water partition coefficient (Wildman–Crippen LogP) is 2.14. The lowest BCUT2D eigenvalue weighted by atomic mass is 9.95. The van der Waals surface area contributed by atoms with Gasteiger partial charge in [-0.3, -0.25) is 14.4 Å². The van der Waals surface area contributed by atoms with Crippen molar-refractivity contribution in [3.05, 3.63) is 35.6 Å². The Bertz CT molecular complexity index is 637. The summed E-state index contributed by atoms with van der Waals surface area (Å²) in [7, 11) is 0. The van der Waals surface area contributed by atoms with Crippen LogP contribution >= 0.6 is 0 Å². The fourth-order valence-electron chi connectivity index (χ4n) is 2.87. The highest BCUT2D eigenvalue weighted by atomic mass is 19.1. The molecule has 0 aliphatic carbocycles. The second-order valence-electron chi connectivity index (χ2n) is 6.65. The third kappa shape index (κ3) is 5.82. The zero-order valence-corrected chi connectivity index (χ0v) is 15.2. The van der Waals surface area contributed by atoms with Crippen LogP contribution in [0.15, 0.2) is 24.3 Å².